The summed E-state index contributed by atoms with van der Waals surface area (Å²) in [6.07, 6.45) is 4.50. The van der Waals surface area contributed by atoms with Crippen LogP contribution in [0.25, 0.3) is 0 Å². The van der Waals surface area contributed by atoms with Crippen LogP contribution in [0.3, 0.4) is 0 Å². The van der Waals surface area contributed by atoms with Crippen LogP contribution in [0, 0.1) is 0 Å². The molecular weight excluding hydrogens is 376 g/mol. The standard InChI is InChI=1S/C19H26N4OS.CH2O2/c24-19(18-4-3-5-20-18)23-10-8-22(9-11-23)14-17-12-16(15-25-17)13-21-6-1-2-7-21;2-1-3/h3-5,12,15,20H,1-2,6-11,13-14H2;1H,(H,2,3). The Morgan fingerprint density at radius 1 is 1.11 bits per heavy atom. The van der Waals surface area contributed by atoms with Gasteiger partial charge in [-0.05, 0) is 55.1 Å². The maximum atomic E-state index is 12.4. The minimum Gasteiger partial charge on any atom is -0.483 e. The molecule has 0 unspecified atom stereocenters. The molecular formula is C20H28N4O3S. The zero-order valence-electron chi connectivity index (χ0n) is 16.0. The summed E-state index contributed by atoms with van der Waals surface area (Å²) in [7, 11) is 0. The third-order valence-corrected chi connectivity index (χ3v) is 6.15. The first-order chi connectivity index (χ1) is 13.7. The molecule has 2 saturated heterocycles. The van der Waals surface area contributed by atoms with Crippen LogP contribution in [-0.2, 0) is 17.9 Å². The molecule has 0 aliphatic carbocycles. The lowest BCUT2D eigenvalue weighted by Gasteiger charge is -2.34. The van der Waals surface area contributed by atoms with Crippen LogP contribution in [0.15, 0.2) is 29.8 Å². The second-order valence-electron chi connectivity index (χ2n) is 7.16. The Morgan fingerprint density at radius 2 is 1.79 bits per heavy atom. The molecule has 8 heteroatoms. The van der Waals surface area contributed by atoms with Gasteiger partial charge in [0, 0.05) is 50.3 Å². The van der Waals surface area contributed by atoms with E-state index < -0.39 is 0 Å². The molecule has 2 fully saturated rings. The highest BCUT2D eigenvalue weighted by Crippen LogP contribution is 2.21. The molecule has 2 aliphatic heterocycles. The van der Waals surface area contributed by atoms with Crippen molar-refractivity contribution in [1.82, 2.24) is 19.7 Å². The number of carbonyl (C=O) groups excluding carboxylic acids is 1. The molecule has 0 radical (unpaired) electrons. The van der Waals surface area contributed by atoms with E-state index in [2.05, 4.69) is 26.2 Å². The number of aromatic amines is 1. The van der Waals surface area contributed by atoms with Crippen molar-refractivity contribution in [3.05, 3.63) is 45.9 Å². The largest absolute Gasteiger partial charge is 0.483 e. The number of hydrogen-bond acceptors (Lipinski definition) is 5. The predicted octanol–water partition coefficient (Wildman–Crippen LogP) is 2.33. The number of amides is 1. The number of carbonyl (C=O) groups is 2. The van der Waals surface area contributed by atoms with E-state index in [4.69, 9.17) is 9.90 Å². The Bertz CT molecular complexity index is 732. The molecule has 4 heterocycles. The summed E-state index contributed by atoms with van der Waals surface area (Å²) in [4.78, 5) is 32.2. The molecule has 1 amide bonds. The van der Waals surface area contributed by atoms with Crippen molar-refractivity contribution < 1.29 is 14.7 Å². The summed E-state index contributed by atoms with van der Waals surface area (Å²) in [5, 5.41) is 9.21. The highest BCUT2D eigenvalue weighted by Gasteiger charge is 2.23. The van der Waals surface area contributed by atoms with E-state index in [0.29, 0.717) is 5.69 Å². The first-order valence-electron chi connectivity index (χ1n) is 9.71. The first-order valence-corrected chi connectivity index (χ1v) is 10.6. The van der Waals surface area contributed by atoms with E-state index in [0.717, 1.165) is 39.3 Å². The maximum Gasteiger partial charge on any atom is 0.290 e. The van der Waals surface area contributed by atoms with Crippen molar-refractivity contribution >= 4 is 23.7 Å². The predicted molar refractivity (Wildman–Crippen MR) is 109 cm³/mol. The molecule has 7 nitrogen and oxygen atoms in total. The summed E-state index contributed by atoms with van der Waals surface area (Å²) in [5.74, 6) is 0.119. The van der Waals surface area contributed by atoms with Crippen molar-refractivity contribution in [2.75, 3.05) is 39.3 Å². The number of nitrogens with zero attached hydrogens (tertiary/aromatic N) is 3. The molecule has 28 heavy (non-hydrogen) atoms. The fourth-order valence-electron chi connectivity index (χ4n) is 3.75. The van der Waals surface area contributed by atoms with Crippen LogP contribution in [-0.4, -0.2) is 76.4 Å². The van der Waals surface area contributed by atoms with Gasteiger partial charge < -0.3 is 15.0 Å². The summed E-state index contributed by atoms with van der Waals surface area (Å²) >= 11 is 1.88. The van der Waals surface area contributed by atoms with Gasteiger partial charge in [-0.3, -0.25) is 19.4 Å². The van der Waals surface area contributed by atoms with Gasteiger partial charge in [0.15, 0.2) is 0 Å². The average Bonchev–Trinajstić information content (AvgIpc) is 3.46. The topological polar surface area (TPSA) is 79.9 Å². The second-order valence-corrected chi connectivity index (χ2v) is 8.16. The average molecular weight is 405 g/mol. The first kappa shape index (κ1) is 20.6. The van der Waals surface area contributed by atoms with E-state index in [1.807, 2.05) is 28.4 Å². The fourth-order valence-corrected chi connectivity index (χ4v) is 4.68. The van der Waals surface area contributed by atoms with Gasteiger partial charge in [0.1, 0.15) is 5.69 Å². The third-order valence-electron chi connectivity index (χ3n) is 5.18. The van der Waals surface area contributed by atoms with E-state index in [9.17, 15) is 4.79 Å². The number of hydrogen-bond donors (Lipinski definition) is 2. The highest BCUT2D eigenvalue weighted by atomic mass is 32.1. The number of H-pyrrole nitrogens is 1. The number of nitrogens with one attached hydrogen (secondary N) is 1. The van der Waals surface area contributed by atoms with Crippen molar-refractivity contribution in [2.24, 2.45) is 0 Å². The molecule has 4 rings (SSSR count). The lowest BCUT2D eigenvalue weighted by atomic mass is 10.2. The highest BCUT2D eigenvalue weighted by molar-refractivity contribution is 7.10. The van der Waals surface area contributed by atoms with Crippen LogP contribution < -0.4 is 0 Å². The monoisotopic (exact) mass is 404 g/mol. The zero-order valence-corrected chi connectivity index (χ0v) is 16.9. The van der Waals surface area contributed by atoms with Gasteiger partial charge in [-0.2, -0.15) is 0 Å². The second kappa shape index (κ2) is 10.4. The van der Waals surface area contributed by atoms with Crippen LogP contribution in [0.1, 0.15) is 33.8 Å². The molecule has 2 aliphatic rings. The smallest absolute Gasteiger partial charge is 0.290 e. The van der Waals surface area contributed by atoms with Gasteiger partial charge in [-0.25, -0.2) is 0 Å². The lowest BCUT2D eigenvalue weighted by molar-refractivity contribution is -0.122. The minimum atomic E-state index is -0.250. The SMILES string of the molecule is O=C(c1ccc[nH]1)N1CCN(Cc2cc(CN3CCCC3)cs2)CC1.O=CO. The van der Waals surface area contributed by atoms with Gasteiger partial charge in [0.05, 0.1) is 0 Å². The lowest BCUT2D eigenvalue weighted by Crippen LogP contribution is -2.48. The van der Waals surface area contributed by atoms with Gasteiger partial charge in [-0.15, -0.1) is 11.3 Å². The Labute approximate surface area is 169 Å². The number of piperazine rings is 1. The van der Waals surface area contributed by atoms with Gasteiger partial charge in [0.25, 0.3) is 12.4 Å². The van der Waals surface area contributed by atoms with Gasteiger partial charge in [-0.1, -0.05) is 0 Å². The molecule has 2 N–H and O–H groups in total. The van der Waals surface area contributed by atoms with Crippen molar-refractivity contribution in [2.45, 2.75) is 25.9 Å². The molecule has 2 aromatic heterocycles. The fraction of sp³-hybridized carbons (Fsp3) is 0.500. The number of aromatic nitrogens is 1. The van der Waals surface area contributed by atoms with Crippen LogP contribution in [0.2, 0.25) is 0 Å². The number of carboxylic acid groups (broad SMARTS) is 1. The van der Waals surface area contributed by atoms with Gasteiger partial charge in [0.2, 0.25) is 0 Å². The van der Waals surface area contributed by atoms with Crippen LogP contribution in [0.5, 0.6) is 0 Å². The minimum absolute atomic E-state index is 0.119. The van der Waals surface area contributed by atoms with E-state index in [1.54, 1.807) is 6.20 Å². The van der Waals surface area contributed by atoms with Gasteiger partial charge >= 0.3 is 0 Å². The maximum absolute atomic E-state index is 12.4. The summed E-state index contributed by atoms with van der Waals surface area (Å²) in [5.41, 5.74) is 2.15. The normalized spacial score (nSPS) is 17.9. The molecule has 2 aromatic rings. The number of rotatable bonds is 5. The molecule has 0 aromatic carbocycles. The van der Waals surface area contributed by atoms with E-state index in [-0.39, 0.29) is 12.4 Å². The third kappa shape index (κ3) is 5.67. The Morgan fingerprint density at radius 3 is 2.43 bits per heavy atom. The quantitative estimate of drug-likeness (QED) is 0.748. The molecule has 0 spiro atoms. The number of thiophene rings is 1. The summed E-state index contributed by atoms with van der Waals surface area (Å²) in [6.45, 7) is 7.89. The zero-order chi connectivity index (χ0) is 19.8. The molecule has 152 valence electrons. The van der Waals surface area contributed by atoms with E-state index >= 15 is 0 Å². The molecule has 0 bridgehead atoms. The Balaban J connectivity index is 0.000000706. The van der Waals surface area contributed by atoms with Crippen LogP contribution in [0.4, 0.5) is 0 Å². The van der Waals surface area contributed by atoms with E-state index in [1.165, 1.54) is 36.4 Å². The Hall–Kier alpha value is -2.16. The number of likely N-dealkylation sites (tertiary alicyclic amines) is 1. The van der Waals surface area contributed by atoms with Crippen molar-refractivity contribution in [3.63, 3.8) is 0 Å². The molecule has 0 atom stereocenters. The molecule has 0 saturated carbocycles. The van der Waals surface area contributed by atoms with Crippen molar-refractivity contribution in [1.29, 1.82) is 0 Å². The Kier molecular flexibility index (Phi) is 7.64. The van der Waals surface area contributed by atoms with Crippen molar-refractivity contribution in [3.8, 4) is 0 Å². The summed E-state index contributed by atoms with van der Waals surface area (Å²) < 4.78 is 0. The van der Waals surface area contributed by atoms with Crippen LogP contribution >= 0.6 is 11.3 Å². The summed E-state index contributed by atoms with van der Waals surface area (Å²) in [6, 6.07) is 6.10.